The van der Waals surface area contributed by atoms with Crippen LogP contribution in [0.4, 0.5) is 0 Å². The Morgan fingerprint density at radius 1 is 1.07 bits per heavy atom. The Bertz CT molecular complexity index is 528. The molecule has 0 aromatic heterocycles. The van der Waals surface area contributed by atoms with Crippen molar-refractivity contribution in [1.82, 2.24) is 0 Å². The minimum Gasteiger partial charge on any atom is -0.388 e. The second-order valence-electron chi connectivity index (χ2n) is 8.20. The predicted molar refractivity (Wildman–Crippen MR) is 114 cm³/mol. The first-order chi connectivity index (χ1) is 13.2. The number of aldehydes is 1. The molecule has 0 saturated heterocycles. The highest BCUT2D eigenvalue weighted by Crippen LogP contribution is 2.45. The van der Waals surface area contributed by atoms with Crippen molar-refractivity contribution in [2.45, 2.75) is 101 Å². The fourth-order valence-corrected chi connectivity index (χ4v) is 4.92. The summed E-state index contributed by atoms with van der Waals surface area (Å²) in [4.78, 5) is 10.4. The maximum absolute atomic E-state index is 10.4. The molecule has 152 valence electrons. The average Bonchev–Trinajstić information content (AvgIpc) is 3.05. The number of aliphatic hydroxyl groups excluding tert-OH is 1. The molecule has 0 aliphatic heterocycles. The van der Waals surface area contributed by atoms with Crippen molar-refractivity contribution < 1.29 is 9.90 Å². The van der Waals surface area contributed by atoms with E-state index in [-0.39, 0.29) is 11.5 Å². The molecule has 0 bridgehead atoms. The fourth-order valence-electron chi connectivity index (χ4n) is 4.50. The van der Waals surface area contributed by atoms with Crippen molar-refractivity contribution in [3.63, 3.8) is 0 Å². The molecule has 1 aliphatic rings. The third-order valence-corrected chi connectivity index (χ3v) is 6.72. The van der Waals surface area contributed by atoms with Gasteiger partial charge in [-0.1, -0.05) is 69.7 Å². The van der Waals surface area contributed by atoms with Crippen molar-refractivity contribution in [2.24, 2.45) is 5.92 Å². The number of carbonyl (C=O) groups excluding carboxylic acids is 1. The van der Waals surface area contributed by atoms with Crippen LogP contribution in [-0.2, 0) is 4.79 Å². The number of alkyl halides is 1. The van der Waals surface area contributed by atoms with E-state index in [0.717, 1.165) is 44.0 Å². The van der Waals surface area contributed by atoms with Crippen LogP contribution in [-0.4, -0.2) is 16.8 Å². The molecule has 2 rings (SSSR count). The van der Waals surface area contributed by atoms with Crippen molar-refractivity contribution in [2.75, 3.05) is 0 Å². The number of carbonyl (C=O) groups is 1. The van der Waals surface area contributed by atoms with Crippen LogP contribution in [0, 0.1) is 5.92 Å². The molecule has 1 fully saturated rings. The summed E-state index contributed by atoms with van der Waals surface area (Å²) in [6.45, 7) is 2.19. The lowest BCUT2D eigenvalue weighted by Crippen LogP contribution is -2.14. The molecule has 27 heavy (non-hydrogen) atoms. The molecule has 2 nitrogen and oxygen atoms in total. The second kappa shape index (κ2) is 12.6. The minimum atomic E-state index is -0.336. The summed E-state index contributed by atoms with van der Waals surface area (Å²) >= 11 is 6.65. The quantitative estimate of drug-likeness (QED) is 0.224. The smallest absolute Gasteiger partial charge is 0.119 e. The molecule has 0 amide bonds. The highest BCUT2D eigenvalue weighted by Gasteiger charge is 2.35. The molecular formula is C24H37ClO2. The third-order valence-electron chi connectivity index (χ3n) is 6.17. The van der Waals surface area contributed by atoms with Crippen LogP contribution in [0.2, 0.25) is 0 Å². The van der Waals surface area contributed by atoms with Crippen LogP contribution >= 0.6 is 11.6 Å². The largest absolute Gasteiger partial charge is 0.388 e. The molecule has 4 atom stereocenters. The SMILES string of the molecule is CCCCCC(O)c1ccc(C2CCC(Cl)[C@@H]2CCCCCCC=O)cc1. The van der Waals surface area contributed by atoms with Crippen LogP contribution < -0.4 is 0 Å². The molecule has 0 spiro atoms. The van der Waals surface area contributed by atoms with E-state index in [9.17, 15) is 9.90 Å². The van der Waals surface area contributed by atoms with E-state index in [0.29, 0.717) is 18.3 Å². The van der Waals surface area contributed by atoms with E-state index in [4.69, 9.17) is 11.6 Å². The number of hydrogen-bond donors (Lipinski definition) is 1. The van der Waals surface area contributed by atoms with Crippen molar-refractivity contribution >= 4 is 17.9 Å². The Labute approximate surface area is 170 Å². The van der Waals surface area contributed by atoms with Gasteiger partial charge < -0.3 is 9.90 Å². The summed E-state index contributed by atoms with van der Waals surface area (Å²) in [7, 11) is 0. The highest BCUT2D eigenvalue weighted by atomic mass is 35.5. The van der Waals surface area contributed by atoms with Gasteiger partial charge in [-0.15, -0.1) is 11.6 Å². The van der Waals surface area contributed by atoms with Gasteiger partial charge in [0.05, 0.1) is 6.10 Å². The van der Waals surface area contributed by atoms with E-state index in [1.54, 1.807) is 0 Å². The maximum atomic E-state index is 10.4. The summed E-state index contributed by atoms with van der Waals surface area (Å²) in [5.74, 6) is 1.10. The monoisotopic (exact) mass is 392 g/mol. The van der Waals surface area contributed by atoms with Crippen LogP contribution in [0.1, 0.15) is 107 Å². The number of unbranched alkanes of at least 4 members (excludes halogenated alkanes) is 6. The van der Waals surface area contributed by atoms with Crippen LogP contribution in [0.15, 0.2) is 24.3 Å². The Balaban J connectivity index is 1.86. The maximum Gasteiger partial charge on any atom is 0.119 e. The molecule has 0 radical (unpaired) electrons. The zero-order valence-electron chi connectivity index (χ0n) is 16.9. The number of rotatable bonds is 13. The normalized spacial score (nSPS) is 23.4. The highest BCUT2D eigenvalue weighted by molar-refractivity contribution is 6.21. The number of halogens is 1. The summed E-state index contributed by atoms with van der Waals surface area (Å²) < 4.78 is 0. The Morgan fingerprint density at radius 3 is 2.52 bits per heavy atom. The molecule has 1 N–H and O–H groups in total. The van der Waals surface area contributed by atoms with Crippen molar-refractivity contribution in [3.05, 3.63) is 35.4 Å². The van der Waals surface area contributed by atoms with Gasteiger partial charge in [0.15, 0.2) is 0 Å². The Morgan fingerprint density at radius 2 is 1.81 bits per heavy atom. The van der Waals surface area contributed by atoms with Crippen molar-refractivity contribution in [1.29, 1.82) is 0 Å². The molecule has 3 unspecified atom stereocenters. The molecular weight excluding hydrogens is 356 g/mol. The standard InChI is InChI=1S/C24H37ClO2/c1-2-3-7-11-24(27)20-14-12-19(13-15-20)21-16-17-23(25)22(21)10-8-5-4-6-9-18-26/h12-15,18,21-24,27H,2-11,16-17H2,1H3/t21?,22-,23?,24?/m1/s1. The van der Waals surface area contributed by atoms with E-state index >= 15 is 0 Å². The first kappa shape index (κ1) is 22.4. The molecule has 1 saturated carbocycles. The Hall–Kier alpha value is -0.860. The van der Waals surface area contributed by atoms with Gasteiger partial charge in [0.1, 0.15) is 6.29 Å². The summed E-state index contributed by atoms with van der Waals surface area (Å²) in [6, 6.07) is 8.66. The predicted octanol–water partition coefficient (Wildman–Crippen LogP) is 6.94. The molecule has 3 heteroatoms. The molecule has 0 heterocycles. The van der Waals surface area contributed by atoms with E-state index < -0.39 is 0 Å². The average molecular weight is 393 g/mol. The zero-order chi connectivity index (χ0) is 19.5. The number of hydrogen-bond acceptors (Lipinski definition) is 2. The minimum absolute atomic E-state index is 0.282. The fraction of sp³-hybridized carbons (Fsp3) is 0.708. The van der Waals surface area contributed by atoms with Gasteiger partial charge in [-0.3, -0.25) is 0 Å². The second-order valence-corrected chi connectivity index (χ2v) is 8.76. The van der Waals surface area contributed by atoms with Gasteiger partial charge in [-0.2, -0.15) is 0 Å². The molecule has 1 aliphatic carbocycles. The first-order valence-corrected chi connectivity index (χ1v) is 11.5. The van der Waals surface area contributed by atoms with Gasteiger partial charge in [0.25, 0.3) is 0 Å². The van der Waals surface area contributed by atoms with Gasteiger partial charge in [-0.05, 0) is 55.1 Å². The summed E-state index contributed by atoms with van der Waals surface area (Å²) in [5.41, 5.74) is 2.43. The first-order valence-electron chi connectivity index (χ1n) is 11.0. The lowest BCUT2D eigenvalue weighted by atomic mass is 9.84. The van der Waals surface area contributed by atoms with E-state index in [2.05, 4.69) is 31.2 Å². The van der Waals surface area contributed by atoms with Crippen LogP contribution in [0.5, 0.6) is 0 Å². The van der Waals surface area contributed by atoms with Gasteiger partial charge in [-0.25, -0.2) is 0 Å². The summed E-state index contributed by atoms with van der Waals surface area (Å²) in [5, 5.41) is 10.6. The molecule has 1 aromatic rings. The van der Waals surface area contributed by atoms with Gasteiger partial charge in [0.2, 0.25) is 0 Å². The molecule has 1 aromatic carbocycles. The van der Waals surface area contributed by atoms with E-state index in [1.807, 2.05) is 0 Å². The lowest BCUT2D eigenvalue weighted by Gasteiger charge is -2.23. The van der Waals surface area contributed by atoms with Gasteiger partial charge in [0, 0.05) is 11.8 Å². The van der Waals surface area contributed by atoms with Crippen molar-refractivity contribution in [3.8, 4) is 0 Å². The van der Waals surface area contributed by atoms with Crippen LogP contribution in [0.3, 0.4) is 0 Å². The third kappa shape index (κ3) is 7.23. The lowest BCUT2D eigenvalue weighted by molar-refractivity contribution is -0.107. The summed E-state index contributed by atoms with van der Waals surface area (Å²) in [6.07, 6.45) is 13.7. The van der Waals surface area contributed by atoms with E-state index in [1.165, 1.54) is 44.1 Å². The zero-order valence-corrected chi connectivity index (χ0v) is 17.7. The number of aliphatic hydroxyl groups is 1. The number of benzene rings is 1. The van der Waals surface area contributed by atoms with Gasteiger partial charge >= 0.3 is 0 Å². The van der Waals surface area contributed by atoms with Crippen LogP contribution in [0.25, 0.3) is 0 Å². The Kier molecular flexibility index (Phi) is 10.4. The topological polar surface area (TPSA) is 37.3 Å².